The minimum absolute atomic E-state index is 0.00202. The van der Waals surface area contributed by atoms with Gasteiger partial charge in [0.25, 0.3) is 0 Å². The van der Waals surface area contributed by atoms with Gasteiger partial charge in [0, 0.05) is 18.3 Å². The topological polar surface area (TPSA) is 130 Å². The summed E-state index contributed by atoms with van der Waals surface area (Å²) in [5.74, 6) is 0.256. The first-order valence-electron chi connectivity index (χ1n) is 12.9. The molecule has 0 aromatic carbocycles. The first kappa shape index (κ1) is 30.2. The molecular weight excluding hydrogens is 456 g/mol. The predicted octanol–water partition coefficient (Wildman–Crippen LogP) is 3.53. The molecule has 1 unspecified atom stereocenters. The second kappa shape index (κ2) is 15.9. The third-order valence-corrected chi connectivity index (χ3v) is 7.09. The number of aliphatic hydroxyl groups is 3. The lowest BCUT2D eigenvalue weighted by Gasteiger charge is -2.38. The van der Waals surface area contributed by atoms with Crippen LogP contribution in [0.4, 0.5) is 0 Å². The molecule has 0 bridgehead atoms. The van der Waals surface area contributed by atoms with Crippen molar-refractivity contribution in [2.24, 2.45) is 11.8 Å². The Kier molecular flexibility index (Phi) is 13.7. The summed E-state index contributed by atoms with van der Waals surface area (Å²) in [7, 11) is 0. The molecule has 0 radical (unpaired) electrons. The van der Waals surface area contributed by atoms with Crippen molar-refractivity contribution in [2.75, 3.05) is 19.8 Å². The Hall–Kier alpha value is -1.04. The summed E-state index contributed by atoms with van der Waals surface area (Å²) in [5.41, 5.74) is 0.994. The third-order valence-electron chi connectivity index (χ3n) is 7.09. The van der Waals surface area contributed by atoms with Crippen molar-refractivity contribution in [1.29, 1.82) is 0 Å². The highest BCUT2D eigenvalue weighted by molar-refractivity contribution is 5.03. The molecular formula is C26H46O9. The van der Waals surface area contributed by atoms with E-state index in [0.29, 0.717) is 44.8 Å². The van der Waals surface area contributed by atoms with Gasteiger partial charge < -0.3 is 29.7 Å². The molecule has 2 aliphatic heterocycles. The summed E-state index contributed by atoms with van der Waals surface area (Å²) < 4.78 is 11.6. The molecule has 0 aromatic heterocycles. The zero-order valence-corrected chi connectivity index (χ0v) is 21.5. The number of unbranched alkanes of at least 4 members (excludes halogenated alkanes) is 4. The lowest BCUT2D eigenvalue weighted by atomic mass is 9.85. The summed E-state index contributed by atoms with van der Waals surface area (Å²) in [4.78, 5) is 14.5. The molecule has 2 heterocycles. The second-order valence-electron chi connectivity index (χ2n) is 10.1. The highest BCUT2D eigenvalue weighted by Gasteiger charge is 2.48. The first-order chi connectivity index (χ1) is 16.7. The van der Waals surface area contributed by atoms with E-state index in [1.165, 1.54) is 0 Å². The van der Waals surface area contributed by atoms with Crippen LogP contribution in [-0.4, -0.2) is 77.0 Å². The molecule has 204 valence electrons. The number of hydrogen-bond acceptors (Lipinski definition) is 9. The fourth-order valence-electron chi connectivity index (χ4n) is 4.45. The van der Waals surface area contributed by atoms with Crippen molar-refractivity contribution in [1.82, 2.24) is 0 Å². The molecule has 2 rings (SSSR count). The van der Waals surface area contributed by atoms with Gasteiger partial charge in [-0.1, -0.05) is 44.4 Å². The lowest BCUT2D eigenvalue weighted by Crippen LogP contribution is -2.50. The third kappa shape index (κ3) is 10.9. The Morgan fingerprint density at radius 1 is 1.06 bits per heavy atom. The van der Waals surface area contributed by atoms with Gasteiger partial charge in [-0.15, -0.1) is 0 Å². The zero-order valence-electron chi connectivity index (χ0n) is 21.5. The number of aliphatic hydroxyl groups excluding tert-OH is 3. The molecule has 0 aromatic rings. The Morgan fingerprint density at radius 2 is 1.77 bits per heavy atom. The van der Waals surface area contributed by atoms with Crippen LogP contribution >= 0.6 is 0 Å². The van der Waals surface area contributed by atoms with Gasteiger partial charge in [-0.05, 0) is 39.5 Å². The van der Waals surface area contributed by atoms with Gasteiger partial charge in [0.1, 0.15) is 18.5 Å². The van der Waals surface area contributed by atoms with Gasteiger partial charge in [-0.2, -0.15) is 0 Å². The maximum Gasteiger partial charge on any atom is 0.135 e. The van der Waals surface area contributed by atoms with E-state index in [0.717, 1.165) is 37.7 Å². The first-order valence-corrected chi connectivity index (χ1v) is 12.9. The molecule has 0 amide bonds. The number of hydrogen-bond donors (Lipinski definition) is 4. The van der Waals surface area contributed by atoms with E-state index in [1.807, 2.05) is 19.9 Å². The molecule has 0 aliphatic carbocycles. The number of epoxide rings is 1. The molecule has 2 aliphatic rings. The molecule has 35 heavy (non-hydrogen) atoms. The molecule has 9 nitrogen and oxygen atoms in total. The quantitative estimate of drug-likeness (QED) is 0.0555. The highest BCUT2D eigenvalue weighted by Crippen LogP contribution is 2.38. The highest BCUT2D eigenvalue weighted by atomic mass is 17.2. The summed E-state index contributed by atoms with van der Waals surface area (Å²) in [5, 5.41) is 39.3. The Labute approximate surface area is 209 Å². The second-order valence-corrected chi connectivity index (χ2v) is 10.1. The van der Waals surface area contributed by atoms with E-state index in [9.17, 15) is 15.3 Å². The average molecular weight is 503 g/mol. The van der Waals surface area contributed by atoms with E-state index in [2.05, 4.69) is 11.5 Å². The summed E-state index contributed by atoms with van der Waals surface area (Å²) in [6, 6.07) is 0. The van der Waals surface area contributed by atoms with Crippen molar-refractivity contribution in [3.8, 4) is 0 Å². The minimum atomic E-state index is -0.963. The minimum Gasteiger partial charge on any atom is -0.393 e. The van der Waals surface area contributed by atoms with Crippen molar-refractivity contribution in [3.63, 3.8) is 0 Å². The predicted molar refractivity (Wildman–Crippen MR) is 130 cm³/mol. The van der Waals surface area contributed by atoms with Gasteiger partial charge in [-0.25, -0.2) is 15.0 Å². The van der Waals surface area contributed by atoms with Crippen LogP contribution in [0.5, 0.6) is 0 Å². The van der Waals surface area contributed by atoms with Gasteiger partial charge in [0.05, 0.1) is 43.7 Å². The van der Waals surface area contributed by atoms with E-state index in [1.54, 1.807) is 6.92 Å². The van der Waals surface area contributed by atoms with E-state index >= 15 is 0 Å². The van der Waals surface area contributed by atoms with Crippen LogP contribution in [-0.2, 0) is 24.1 Å². The standard InChI is InChI=1S/C26H46O9/c1-17(11-13-33-32-12-9-7-5-6-8-10-18(2)35-30)14-22-25(29)24(28)21(16-31-22)15-23-26(34-23)19(3)20(4)27/h11,19-30H,2,5-10,12-16H2,1,3-4H3/t19-,20-,21-,22?,23-,24+,25-,26-/m0/s1. The van der Waals surface area contributed by atoms with E-state index < -0.39 is 24.4 Å². The van der Waals surface area contributed by atoms with Crippen LogP contribution in [0.25, 0.3) is 0 Å². The monoisotopic (exact) mass is 502 g/mol. The lowest BCUT2D eigenvalue weighted by molar-refractivity contribution is -0.286. The number of rotatable bonds is 18. The van der Waals surface area contributed by atoms with Crippen LogP contribution in [0.2, 0.25) is 0 Å². The van der Waals surface area contributed by atoms with Crippen molar-refractivity contribution < 1.29 is 44.7 Å². The number of allylic oxidation sites excluding steroid dienone is 1. The normalized spacial score (nSPS) is 30.7. The maximum absolute atomic E-state index is 10.6. The van der Waals surface area contributed by atoms with Crippen molar-refractivity contribution >= 4 is 0 Å². The van der Waals surface area contributed by atoms with Crippen LogP contribution in [0.3, 0.4) is 0 Å². The smallest absolute Gasteiger partial charge is 0.135 e. The molecule has 2 saturated heterocycles. The molecule has 9 heteroatoms. The largest absolute Gasteiger partial charge is 0.393 e. The SMILES string of the molecule is C=C(CCCCCCCOOCC=C(C)CC1OC[C@H](C[C@@H]2O[C@H]2[C@@H](C)[C@H](C)O)[C@@H](O)[C@H]1O)OO. The Balaban J connectivity index is 1.54. The van der Waals surface area contributed by atoms with Crippen molar-refractivity contribution in [3.05, 3.63) is 24.0 Å². The van der Waals surface area contributed by atoms with Crippen LogP contribution in [0, 0.1) is 11.8 Å². The molecule has 0 saturated carbocycles. The maximum atomic E-state index is 10.6. The average Bonchev–Trinajstić information content (AvgIpc) is 3.60. The molecule has 2 fully saturated rings. The Bertz CT molecular complexity index is 638. The zero-order chi connectivity index (χ0) is 25.8. The van der Waals surface area contributed by atoms with E-state index in [-0.39, 0.29) is 24.0 Å². The van der Waals surface area contributed by atoms with Gasteiger partial charge in [-0.3, -0.25) is 0 Å². The van der Waals surface area contributed by atoms with Crippen molar-refractivity contribution in [2.45, 2.75) is 109 Å². The summed E-state index contributed by atoms with van der Waals surface area (Å²) in [6.45, 7) is 10.4. The van der Waals surface area contributed by atoms with Crippen LogP contribution in [0.15, 0.2) is 24.0 Å². The number of ether oxygens (including phenoxy) is 2. The van der Waals surface area contributed by atoms with Crippen LogP contribution in [0.1, 0.15) is 72.1 Å². The van der Waals surface area contributed by atoms with Gasteiger partial charge in [0.15, 0.2) is 0 Å². The van der Waals surface area contributed by atoms with Gasteiger partial charge >= 0.3 is 0 Å². The molecule has 4 N–H and O–H groups in total. The van der Waals surface area contributed by atoms with Crippen LogP contribution < -0.4 is 0 Å². The molecule has 8 atom stereocenters. The summed E-state index contributed by atoms with van der Waals surface area (Å²) in [6.07, 6.45) is 5.96. The summed E-state index contributed by atoms with van der Waals surface area (Å²) >= 11 is 0. The fraction of sp³-hybridized carbons (Fsp3) is 0.846. The fourth-order valence-corrected chi connectivity index (χ4v) is 4.45. The van der Waals surface area contributed by atoms with Gasteiger partial charge in [0.2, 0.25) is 0 Å². The molecule has 0 spiro atoms. The van der Waals surface area contributed by atoms with E-state index in [4.69, 9.17) is 24.5 Å². The Morgan fingerprint density at radius 3 is 2.49 bits per heavy atom.